The molecular formula is C17H23ClN2O. The number of hydrogen-bond acceptors (Lipinski definition) is 2. The van der Waals surface area contributed by atoms with Crippen molar-refractivity contribution in [2.45, 2.75) is 33.4 Å². The monoisotopic (exact) mass is 306 g/mol. The summed E-state index contributed by atoms with van der Waals surface area (Å²) in [6.07, 6.45) is 0. The van der Waals surface area contributed by atoms with E-state index < -0.39 is 6.04 Å². The SMILES string of the molecule is CC(C)(C)[C@H](N)C(=O)NCc1ccc2ccccc2c1.Cl. The minimum atomic E-state index is -0.497. The second kappa shape index (κ2) is 6.92. The highest BCUT2D eigenvalue weighted by Crippen LogP contribution is 2.18. The van der Waals surface area contributed by atoms with Gasteiger partial charge in [0.15, 0.2) is 0 Å². The maximum Gasteiger partial charge on any atom is 0.237 e. The minimum Gasteiger partial charge on any atom is -0.351 e. The van der Waals surface area contributed by atoms with Crippen LogP contribution in [-0.4, -0.2) is 11.9 Å². The summed E-state index contributed by atoms with van der Waals surface area (Å²) in [5, 5.41) is 5.29. The lowest BCUT2D eigenvalue weighted by Gasteiger charge is -2.25. The van der Waals surface area contributed by atoms with Gasteiger partial charge in [0.2, 0.25) is 5.91 Å². The molecule has 0 fully saturated rings. The van der Waals surface area contributed by atoms with Crippen molar-refractivity contribution in [3.05, 3.63) is 48.0 Å². The number of benzene rings is 2. The first kappa shape index (κ1) is 17.5. The molecule has 0 saturated heterocycles. The number of carbonyl (C=O) groups excluding carboxylic acids is 1. The van der Waals surface area contributed by atoms with E-state index in [1.165, 1.54) is 10.8 Å². The second-order valence-corrected chi connectivity index (χ2v) is 6.24. The Bertz CT molecular complexity index is 619. The molecule has 0 bridgehead atoms. The number of nitrogens with one attached hydrogen (secondary N) is 1. The summed E-state index contributed by atoms with van der Waals surface area (Å²) in [5.41, 5.74) is 6.79. The molecule has 0 unspecified atom stereocenters. The van der Waals surface area contributed by atoms with Crippen molar-refractivity contribution in [1.29, 1.82) is 0 Å². The molecular weight excluding hydrogens is 284 g/mol. The number of hydrogen-bond donors (Lipinski definition) is 2. The third-order valence-corrected chi connectivity index (χ3v) is 3.50. The van der Waals surface area contributed by atoms with Crippen LogP contribution in [0.5, 0.6) is 0 Å². The van der Waals surface area contributed by atoms with Gasteiger partial charge in [-0.1, -0.05) is 57.2 Å². The zero-order valence-corrected chi connectivity index (χ0v) is 13.5. The van der Waals surface area contributed by atoms with E-state index in [-0.39, 0.29) is 23.7 Å². The van der Waals surface area contributed by atoms with E-state index >= 15 is 0 Å². The lowest BCUT2D eigenvalue weighted by molar-refractivity contribution is -0.124. The molecule has 0 aliphatic rings. The summed E-state index contributed by atoms with van der Waals surface area (Å²) in [6, 6.07) is 13.9. The van der Waals surface area contributed by atoms with Crippen LogP contribution in [0.4, 0.5) is 0 Å². The van der Waals surface area contributed by atoms with Crippen molar-refractivity contribution < 1.29 is 4.79 Å². The molecule has 21 heavy (non-hydrogen) atoms. The number of nitrogens with two attached hydrogens (primary N) is 1. The standard InChI is InChI=1S/C17H22N2O.ClH/c1-17(2,3)15(18)16(20)19-11-12-8-9-13-6-4-5-7-14(13)10-12;/h4-10,15H,11,18H2,1-3H3,(H,19,20);1H/t15-;/m1./s1. The van der Waals surface area contributed by atoms with Gasteiger partial charge in [0.1, 0.15) is 0 Å². The first-order valence-corrected chi connectivity index (χ1v) is 6.89. The fourth-order valence-electron chi connectivity index (χ4n) is 2.04. The zero-order valence-electron chi connectivity index (χ0n) is 12.7. The van der Waals surface area contributed by atoms with Gasteiger partial charge >= 0.3 is 0 Å². The Morgan fingerprint density at radius 3 is 2.38 bits per heavy atom. The number of amides is 1. The molecule has 0 saturated carbocycles. The Balaban J connectivity index is 0.00000220. The zero-order chi connectivity index (χ0) is 14.8. The van der Waals surface area contributed by atoms with E-state index in [4.69, 9.17) is 5.73 Å². The van der Waals surface area contributed by atoms with Gasteiger partial charge in [-0.3, -0.25) is 4.79 Å². The summed E-state index contributed by atoms with van der Waals surface area (Å²) in [4.78, 5) is 12.0. The average molecular weight is 307 g/mol. The van der Waals surface area contributed by atoms with Crippen molar-refractivity contribution in [1.82, 2.24) is 5.32 Å². The Morgan fingerprint density at radius 2 is 1.76 bits per heavy atom. The molecule has 2 aromatic carbocycles. The molecule has 0 radical (unpaired) electrons. The van der Waals surface area contributed by atoms with Crippen molar-refractivity contribution in [3.63, 3.8) is 0 Å². The topological polar surface area (TPSA) is 55.1 Å². The molecule has 4 heteroatoms. The van der Waals surface area contributed by atoms with Crippen molar-refractivity contribution in [2.75, 3.05) is 0 Å². The van der Waals surface area contributed by atoms with Gasteiger partial charge in [-0.05, 0) is 27.8 Å². The molecule has 1 amide bonds. The van der Waals surface area contributed by atoms with Gasteiger partial charge in [-0.15, -0.1) is 12.4 Å². The number of fused-ring (bicyclic) bond motifs is 1. The molecule has 114 valence electrons. The summed E-state index contributed by atoms with van der Waals surface area (Å²) in [5.74, 6) is -0.106. The van der Waals surface area contributed by atoms with Crippen LogP contribution in [0, 0.1) is 5.41 Å². The average Bonchev–Trinajstić information content (AvgIpc) is 2.42. The quantitative estimate of drug-likeness (QED) is 0.914. The number of halogens is 1. The van der Waals surface area contributed by atoms with Crippen LogP contribution in [0.25, 0.3) is 10.8 Å². The molecule has 3 N–H and O–H groups in total. The van der Waals surface area contributed by atoms with Gasteiger partial charge in [0.25, 0.3) is 0 Å². The molecule has 2 aromatic rings. The van der Waals surface area contributed by atoms with E-state index in [2.05, 4.69) is 29.6 Å². The second-order valence-electron chi connectivity index (χ2n) is 6.24. The highest BCUT2D eigenvalue weighted by atomic mass is 35.5. The Morgan fingerprint density at radius 1 is 1.14 bits per heavy atom. The smallest absolute Gasteiger partial charge is 0.237 e. The Kier molecular flexibility index (Phi) is 5.76. The molecule has 1 atom stereocenters. The summed E-state index contributed by atoms with van der Waals surface area (Å²) >= 11 is 0. The highest BCUT2D eigenvalue weighted by molar-refractivity contribution is 5.85. The maximum absolute atomic E-state index is 12.0. The predicted octanol–water partition coefficient (Wildman–Crippen LogP) is 3.25. The van der Waals surface area contributed by atoms with Crippen LogP contribution in [0.3, 0.4) is 0 Å². The molecule has 0 aliphatic carbocycles. The molecule has 3 nitrogen and oxygen atoms in total. The van der Waals surface area contributed by atoms with Crippen LogP contribution < -0.4 is 11.1 Å². The van der Waals surface area contributed by atoms with Gasteiger partial charge < -0.3 is 11.1 Å². The van der Waals surface area contributed by atoms with E-state index in [1.807, 2.05) is 39.0 Å². The highest BCUT2D eigenvalue weighted by Gasteiger charge is 2.26. The first-order valence-electron chi connectivity index (χ1n) is 6.89. The van der Waals surface area contributed by atoms with Gasteiger partial charge in [0, 0.05) is 6.54 Å². The van der Waals surface area contributed by atoms with E-state index in [0.29, 0.717) is 6.54 Å². The van der Waals surface area contributed by atoms with E-state index in [0.717, 1.165) is 5.56 Å². The molecule has 0 spiro atoms. The van der Waals surface area contributed by atoms with Crippen LogP contribution in [-0.2, 0) is 11.3 Å². The molecule has 0 heterocycles. The minimum absolute atomic E-state index is 0. The van der Waals surface area contributed by atoms with Gasteiger partial charge in [-0.25, -0.2) is 0 Å². The van der Waals surface area contributed by atoms with E-state index in [9.17, 15) is 4.79 Å². The number of carbonyl (C=O) groups is 1. The van der Waals surface area contributed by atoms with E-state index in [1.54, 1.807) is 0 Å². The lowest BCUT2D eigenvalue weighted by Crippen LogP contribution is -2.48. The Hall–Kier alpha value is -1.58. The largest absolute Gasteiger partial charge is 0.351 e. The van der Waals surface area contributed by atoms with Crippen molar-refractivity contribution in [2.24, 2.45) is 11.1 Å². The van der Waals surface area contributed by atoms with Crippen molar-refractivity contribution in [3.8, 4) is 0 Å². The van der Waals surface area contributed by atoms with Crippen LogP contribution in [0.15, 0.2) is 42.5 Å². The van der Waals surface area contributed by atoms with Gasteiger partial charge in [-0.2, -0.15) is 0 Å². The first-order chi connectivity index (χ1) is 9.38. The van der Waals surface area contributed by atoms with Crippen LogP contribution in [0.1, 0.15) is 26.3 Å². The number of rotatable bonds is 3. The summed E-state index contributed by atoms with van der Waals surface area (Å²) in [6.45, 7) is 6.40. The third-order valence-electron chi connectivity index (χ3n) is 3.50. The normalized spacial score (nSPS) is 12.6. The lowest BCUT2D eigenvalue weighted by atomic mass is 9.87. The van der Waals surface area contributed by atoms with Crippen molar-refractivity contribution >= 4 is 29.1 Å². The van der Waals surface area contributed by atoms with Gasteiger partial charge in [0.05, 0.1) is 6.04 Å². The third kappa shape index (κ3) is 4.45. The Labute approximate surface area is 132 Å². The maximum atomic E-state index is 12.0. The molecule has 2 rings (SSSR count). The summed E-state index contributed by atoms with van der Waals surface area (Å²) in [7, 11) is 0. The molecule has 0 aromatic heterocycles. The molecule has 0 aliphatic heterocycles. The summed E-state index contributed by atoms with van der Waals surface area (Å²) < 4.78 is 0. The predicted molar refractivity (Wildman–Crippen MR) is 90.5 cm³/mol. The fraction of sp³-hybridized carbons (Fsp3) is 0.353. The van der Waals surface area contributed by atoms with Crippen LogP contribution in [0.2, 0.25) is 0 Å². The van der Waals surface area contributed by atoms with Crippen LogP contribution >= 0.6 is 12.4 Å². The fourth-order valence-corrected chi connectivity index (χ4v) is 2.04.